The predicted molar refractivity (Wildman–Crippen MR) is 92.1 cm³/mol. The fourth-order valence-electron chi connectivity index (χ4n) is 2.67. The van der Waals surface area contributed by atoms with Crippen molar-refractivity contribution in [2.24, 2.45) is 5.92 Å². The van der Waals surface area contributed by atoms with Crippen LogP contribution in [0.25, 0.3) is 0 Å². The third kappa shape index (κ3) is 6.15. The second kappa shape index (κ2) is 10.1. The Balaban J connectivity index is 0.00000242. The lowest BCUT2D eigenvalue weighted by atomic mass is 9.93. The molecule has 1 aromatic carbocycles. The standard InChI is InChI=1S/C16H23FN2OS.ClH/c1-21-15-4-3-14(17)10-13(15)11-19-16(20)5-2-12-6-8-18-9-7-12;/h3-4,10,12,18H,2,5-9,11H2,1H3,(H,19,20);1H. The fraction of sp³-hybridized carbons (Fsp3) is 0.562. The number of piperidine rings is 1. The zero-order valence-electron chi connectivity index (χ0n) is 12.9. The van der Waals surface area contributed by atoms with E-state index in [1.807, 2.05) is 6.26 Å². The Hall–Kier alpha value is -0.780. The van der Waals surface area contributed by atoms with Crippen molar-refractivity contribution < 1.29 is 9.18 Å². The molecular weight excluding hydrogens is 323 g/mol. The van der Waals surface area contributed by atoms with Gasteiger partial charge in [0.05, 0.1) is 0 Å². The van der Waals surface area contributed by atoms with E-state index in [-0.39, 0.29) is 24.1 Å². The van der Waals surface area contributed by atoms with Crippen molar-refractivity contribution in [2.75, 3.05) is 19.3 Å². The van der Waals surface area contributed by atoms with Crippen molar-refractivity contribution in [3.05, 3.63) is 29.6 Å². The minimum Gasteiger partial charge on any atom is -0.352 e. The van der Waals surface area contributed by atoms with Gasteiger partial charge < -0.3 is 10.6 Å². The van der Waals surface area contributed by atoms with Gasteiger partial charge in [-0.1, -0.05) is 0 Å². The SMILES string of the molecule is CSc1ccc(F)cc1CNC(=O)CCC1CCNCC1.Cl. The molecule has 2 N–H and O–H groups in total. The van der Waals surface area contributed by atoms with E-state index in [2.05, 4.69) is 10.6 Å². The third-order valence-electron chi connectivity index (χ3n) is 3.96. The maximum Gasteiger partial charge on any atom is 0.220 e. The summed E-state index contributed by atoms with van der Waals surface area (Å²) in [6.07, 6.45) is 5.79. The molecule has 1 aromatic rings. The summed E-state index contributed by atoms with van der Waals surface area (Å²) in [5, 5.41) is 6.23. The Morgan fingerprint density at radius 3 is 2.82 bits per heavy atom. The summed E-state index contributed by atoms with van der Waals surface area (Å²) in [6, 6.07) is 4.71. The quantitative estimate of drug-likeness (QED) is 0.776. The number of carbonyl (C=O) groups excluding carboxylic acids is 1. The van der Waals surface area contributed by atoms with Gasteiger partial charge in [0, 0.05) is 17.9 Å². The van der Waals surface area contributed by atoms with Gasteiger partial charge in [-0.2, -0.15) is 0 Å². The predicted octanol–water partition coefficient (Wildman–Crippen LogP) is 3.37. The van der Waals surface area contributed by atoms with Gasteiger partial charge in [-0.3, -0.25) is 4.79 Å². The van der Waals surface area contributed by atoms with Crippen LogP contribution in [-0.4, -0.2) is 25.3 Å². The Morgan fingerprint density at radius 2 is 2.14 bits per heavy atom. The van der Waals surface area contributed by atoms with E-state index in [4.69, 9.17) is 0 Å². The van der Waals surface area contributed by atoms with Gasteiger partial charge in [-0.25, -0.2) is 4.39 Å². The van der Waals surface area contributed by atoms with E-state index in [1.54, 1.807) is 17.8 Å². The Kier molecular flexibility index (Phi) is 8.83. The van der Waals surface area contributed by atoms with Gasteiger partial charge in [0.1, 0.15) is 5.82 Å². The number of benzene rings is 1. The molecule has 0 radical (unpaired) electrons. The fourth-order valence-corrected chi connectivity index (χ4v) is 3.27. The van der Waals surface area contributed by atoms with Crippen molar-refractivity contribution >= 4 is 30.1 Å². The van der Waals surface area contributed by atoms with Crippen molar-refractivity contribution in [1.82, 2.24) is 10.6 Å². The van der Waals surface area contributed by atoms with Gasteiger partial charge in [0.2, 0.25) is 5.91 Å². The van der Waals surface area contributed by atoms with Gasteiger partial charge in [-0.15, -0.1) is 24.2 Å². The largest absolute Gasteiger partial charge is 0.352 e. The van der Waals surface area contributed by atoms with E-state index in [1.165, 1.54) is 12.1 Å². The van der Waals surface area contributed by atoms with Gasteiger partial charge in [-0.05, 0) is 68.3 Å². The first-order chi connectivity index (χ1) is 10.2. The number of hydrogen-bond donors (Lipinski definition) is 2. The summed E-state index contributed by atoms with van der Waals surface area (Å²) in [6.45, 7) is 2.53. The molecule has 1 amide bonds. The van der Waals surface area contributed by atoms with Crippen LogP contribution in [0.2, 0.25) is 0 Å². The lowest BCUT2D eigenvalue weighted by Gasteiger charge is -2.22. The molecule has 1 aliphatic heterocycles. The minimum atomic E-state index is -0.258. The number of halogens is 2. The first kappa shape index (κ1) is 19.3. The highest BCUT2D eigenvalue weighted by Gasteiger charge is 2.14. The molecule has 0 spiro atoms. The van der Waals surface area contributed by atoms with Crippen LogP contribution in [0.3, 0.4) is 0 Å². The molecule has 0 aromatic heterocycles. The van der Waals surface area contributed by atoms with E-state index < -0.39 is 0 Å². The Morgan fingerprint density at radius 1 is 1.41 bits per heavy atom. The van der Waals surface area contributed by atoms with Crippen molar-refractivity contribution in [1.29, 1.82) is 0 Å². The molecule has 1 saturated heterocycles. The van der Waals surface area contributed by atoms with E-state index in [9.17, 15) is 9.18 Å². The van der Waals surface area contributed by atoms with Crippen LogP contribution in [0.4, 0.5) is 4.39 Å². The lowest BCUT2D eigenvalue weighted by Crippen LogP contribution is -2.29. The van der Waals surface area contributed by atoms with Crippen LogP contribution in [0, 0.1) is 11.7 Å². The number of hydrogen-bond acceptors (Lipinski definition) is 3. The molecule has 1 fully saturated rings. The molecule has 3 nitrogen and oxygen atoms in total. The first-order valence-electron chi connectivity index (χ1n) is 7.49. The van der Waals surface area contributed by atoms with E-state index in [0.29, 0.717) is 18.9 Å². The van der Waals surface area contributed by atoms with E-state index >= 15 is 0 Å². The molecule has 124 valence electrons. The zero-order chi connectivity index (χ0) is 15.1. The molecule has 1 heterocycles. The number of nitrogens with one attached hydrogen (secondary N) is 2. The van der Waals surface area contributed by atoms with Gasteiger partial charge >= 0.3 is 0 Å². The molecule has 6 heteroatoms. The number of rotatable bonds is 6. The molecule has 0 aliphatic carbocycles. The summed E-state index contributed by atoms with van der Waals surface area (Å²) < 4.78 is 13.3. The van der Waals surface area contributed by atoms with Gasteiger partial charge in [0.25, 0.3) is 0 Å². The summed E-state index contributed by atoms with van der Waals surface area (Å²) in [4.78, 5) is 12.9. The summed E-state index contributed by atoms with van der Waals surface area (Å²) in [5.41, 5.74) is 0.845. The highest BCUT2D eigenvalue weighted by Crippen LogP contribution is 2.21. The van der Waals surface area contributed by atoms with Gasteiger partial charge in [0.15, 0.2) is 0 Å². The highest BCUT2D eigenvalue weighted by molar-refractivity contribution is 7.98. The second-order valence-electron chi connectivity index (χ2n) is 5.46. The number of thioether (sulfide) groups is 1. The van der Waals surface area contributed by atoms with Crippen molar-refractivity contribution in [3.63, 3.8) is 0 Å². The van der Waals surface area contributed by atoms with Crippen molar-refractivity contribution in [3.8, 4) is 0 Å². The van der Waals surface area contributed by atoms with Crippen LogP contribution in [0.1, 0.15) is 31.2 Å². The number of amides is 1. The molecule has 0 bridgehead atoms. The minimum absolute atomic E-state index is 0. The second-order valence-corrected chi connectivity index (χ2v) is 6.31. The van der Waals surface area contributed by atoms with Crippen molar-refractivity contribution in [2.45, 2.75) is 37.1 Å². The molecule has 22 heavy (non-hydrogen) atoms. The monoisotopic (exact) mass is 346 g/mol. The smallest absolute Gasteiger partial charge is 0.220 e. The normalized spacial score (nSPS) is 15.2. The molecule has 0 atom stereocenters. The van der Waals surface area contributed by atoms with Crippen LogP contribution in [-0.2, 0) is 11.3 Å². The third-order valence-corrected chi connectivity index (χ3v) is 4.79. The molecular formula is C16H24ClFN2OS. The maximum absolute atomic E-state index is 13.3. The van der Waals surface area contributed by atoms with Crippen LogP contribution >= 0.6 is 24.2 Å². The summed E-state index contributed by atoms with van der Waals surface area (Å²) in [5.74, 6) is 0.463. The summed E-state index contributed by atoms with van der Waals surface area (Å²) >= 11 is 1.57. The average Bonchev–Trinajstić information content (AvgIpc) is 2.52. The molecule has 1 aliphatic rings. The maximum atomic E-state index is 13.3. The molecule has 0 unspecified atom stereocenters. The lowest BCUT2D eigenvalue weighted by molar-refractivity contribution is -0.121. The Bertz CT molecular complexity index is 481. The molecule has 0 saturated carbocycles. The van der Waals surface area contributed by atoms with Crippen LogP contribution in [0.15, 0.2) is 23.1 Å². The highest BCUT2D eigenvalue weighted by atomic mass is 35.5. The summed E-state index contributed by atoms with van der Waals surface area (Å²) in [7, 11) is 0. The number of carbonyl (C=O) groups is 1. The Labute approximate surface area is 142 Å². The van der Waals surface area contributed by atoms with Crippen LogP contribution < -0.4 is 10.6 Å². The van der Waals surface area contributed by atoms with Crippen LogP contribution in [0.5, 0.6) is 0 Å². The van der Waals surface area contributed by atoms with E-state index in [0.717, 1.165) is 42.8 Å². The zero-order valence-corrected chi connectivity index (χ0v) is 14.5. The average molecular weight is 347 g/mol. The topological polar surface area (TPSA) is 41.1 Å². The first-order valence-corrected chi connectivity index (χ1v) is 8.71. The molecule has 2 rings (SSSR count).